The van der Waals surface area contributed by atoms with Crippen molar-refractivity contribution < 1.29 is 9.72 Å². The standard InChI is InChI=1S/C18H20N6O4/c19-16-14(24(27)28)1-2-15(17(16)22-26)23-9-5-13(6-10-23)18(25)21-11-12-3-7-20-8-4-12/h1-4,7-8,13H,5-6,9-11,19H2,(H,21,25). The molecule has 10 nitrogen and oxygen atoms in total. The molecule has 0 atom stereocenters. The van der Waals surface area contributed by atoms with E-state index < -0.39 is 4.92 Å². The molecule has 146 valence electrons. The number of hydrogen-bond acceptors (Lipinski definition) is 8. The van der Waals surface area contributed by atoms with Crippen molar-refractivity contribution in [2.45, 2.75) is 19.4 Å². The highest BCUT2D eigenvalue weighted by Gasteiger charge is 2.28. The second-order valence-electron chi connectivity index (χ2n) is 6.55. The smallest absolute Gasteiger partial charge is 0.294 e. The Morgan fingerprint density at radius 3 is 2.57 bits per heavy atom. The first-order chi connectivity index (χ1) is 13.5. The summed E-state index contributed by atoms with van der Waals surface area (Å²) in [5.41, 5.74) is 6.46. The third-order valence-corrected chi connectivity index (χ3v) is 4.88. The number of carbonyl (C=O) groups excluding carboxylic acids is 1. The summed E-state index contributed by atoms with van der Waals surface area (Å²) < 4.78 is 0. The van der Waals surface area contributed by atoms with E-state index in [1.807, 2.05) is 17.0 Å². The van der Waals surface area contributed by atoms with Crippen LogP contribution in [0, 0.1) is 20.9 Å². The minimum Gasteiger partial charge on any atom is -0.391 e. The highest BCUT2D eigenvalue weighted by atomic mass is 16.6. The Hall–Kier alpha value is -3.56. The molecule has 1 aromatic carbocycles. The Bertz CT molecular complexity index is 881. The van der Waals surface area contributed by atoms with Gasteiger partial charge < -0.3 is 16.0 Å². The number of aromatic nitrogens is 1. The molecule has 0 aliphatic carbocycles. The Morgan fingerprint density at radius 2 is 1.96 bits per heavy atom. The Balaban J connectivity index is 1.62. The molecular weight excluding hydrogens is 364 g/mol. The molecule has 1 aromatic heterocycles. The number of benzene rings is 1. The largest absolute Gasteiger partial charge is 0.391 e. The zero-order valence-corrected chi connectivity index (χ0v) is 15.1. The Labute approximate surface area is 160 Å². The van der Waals surface area contributed by atoms with E-state index in [9.17, 15) is 19.8 Å². The first kappa shape index (κ1) is 19.2. The minimum absolute atomic E-state index is 0.0200. The maximum Gasteiger partial charge on any atom is 0.294 e. The normalized spacial score (nSPS) is 14.5. The fourth-order valence-corrected chi connectivity index (χ4v) is 3.31. The summed E-state index contributed by atoms with van der Waals surface area (Å²) in [6.45, 7) is 1.49. The third kappa shape index (κ3) is 4.05. The van der Waals surface area contributed by atoms with Crippen LogP contribution in [0.1, 0.15) is 18.4 Å². The van der Waals surface area contributed by atoms with Gasteiger partial charge in [-0.2, -0.15) is 0 Å². The minimum atomic E-state index is -0.646. The van der Waals surface area contributed by atoms with Crippen molar-refractivity contribution in [3.05, 3.63) is 57.2 Å². The first-order valence-corrected chi connectivity index (χ1v) is 8.83. The highest BCUT2D eigenvalue weighted by Crippen LogP contribution is 2.41. The number of nitroso groups, excluding NO2 is 1. The molecule has 2 aromatic rings. The monoisotopic (exact) mass is 384 g/mol. The van der Waals surface area contributed by atoms with Crippen LogP contribution in [-0.4, -0.2) is 28.9 Å². The van der Waals surface area contributed by atoms with Crippen molar-refractivity contribution in [1.29, 1.82) is 0 Å². The van der Waals surface area contributed by atoms with Crippen LogP contribution in [0.2, 0.25) is 0 Å². The number of nitrogens with zero attached hydrogens (tertiary/aromatic N) is 4. The van der Waals surface area contributed by atoms with Gasteiger partial charge >= 0.3 is 0 Å². The number of nitrogen functional groups attached to an aromatic ring is 1. The van der Waals surface area contributed by atoms with Crippen LogP contribution in [-0.2, 0) is 11.3 Å². The molecule has 1 aliphatic heterocycles. The maximum absolute atomic E-state index is 12.4. The number of nitrogens with two attached hydrogens (primary N) is 1. The summed E-state index contributed by atoms with van der Waals surface area (Å²) in [5, 5.41) is 16.8. The lowest BCUT2D eigenvalue weighted by atomic mass is 9.95. The number of anilines is 2. The SMILES string of the molecule is Nc1c([N+](=O)[O-])ccc(N2CCC(C(=O)NCc3ccncc3)CC2)c1N=O. The number of piperidine rings is 1. The molecule has 0 spiro atoms. The molecule has 3 rings (SSSR count). The number of hydrogen-bond donors (Lipinski definition) is 2. The van der Waals surface area contributed by atoms with Crippen molar-refractivity contribution in [2.75, 3.05) is 23.7 Å². The van der Waals surface area contributed by atoms with Gasteiger partial charge in [0, 0.05) is 44.0 Å². The fourth-order valence-electron chi connectivity index (χ4n) is 3.31. The molecule has 1 saturated heterocycles. The molecule has 28 heavy (non-hydrogen) atoms. The van der Waals surface area contributed by atoms with Gasteiger partial charge in [0.05, 0.1) is 10.6 Å². The van der Waals surface area contributed by atoms with Gasteiger partial charge in [-0.05, 0) is 41.8 Å². The van der Waals surface area contributed by atoms with E-state index in [1.165, 1.54) is 12.1 Å². The van der Waals surface area contributed by atoms with Crippen LogP contribution < -0.4 is 16.0 Å². The van der Waals surface area contributed by atoms with Crippen molar-refractivity contribution in [1.82, 2.24) is 10.3 Å². The maximum atomic E-state index is 12.4. The molecule has 0 saturated carbocycles. The molecule has 3 N–H and O–H groups in total. The van der Waals surface area contributed by atoms with Gasteiger partial charge in [0.1, 0.15) is 5.69 Å². The van der Waals surface area contributed by atoms with Gasteiger partial charge in [0.15, 0.2) is 5.69 Å². The van der Waals surface area contributed by atoms with E-state index in [0.29, 0.717) is 38.2 Å². The van der Waals surface area contributed by atoms with E-state index in [-0.39, 0.29) is 28.9 Å². The van der Waals surface area contributed by atoms with E-state index in [2.05, 4.69) is 15.5 Å². The quantitative estimate of drug-likeness (QED) is 0.337. The fraction of sp³-hybridized carbons (Fsp3) is 0.333. The van der Waals surface area contributed by atoms with Crippen LogP contribution in [0.4, 0.5) is 22.7 Å². The molecule has 1 amide bonds. The van der Waals surface area contributed by atoms with Crippen LogP contribution >= 0.6 is 0 Å². The van der Waals surface area contributed by atoms with E-state index in [1.54, 1.807) is 12.4 Å². The van der Waals surface area contributed by atoms with Gasteiger partial charge in [0.2, 0.25) is 5.91 Å². The lowest BCUT2D eigenvalue weighted by Crippen LogP contribution is -2.40. The number of pyridine rings is 1. The van der Waals surface area contributed by atoms with Gasteiger partial charge in [-0.1, -0.05) is 0 Å². The van der Waals surface area contributed by atoms with Crippen molar-refractivity contribution in [3.63, 3.8) is 0 Å². The number of nitro benzene ring substituents is 1. The number of amides is 1. The van der Waals surface area contributed by atoms with E-state index >= 15 is 0 Å². The molecule has 1 fully saturated rings. The second-order valence-corrected chi connectivity index (χ2v) is 6.55. The topological polar surface area (TPSA) is 144 Å². The average Bonchev–Trinajstić information content (AvgIpc) is 2.72. The number of carbonyl (C=O) groups is 1. The lowest BCUT2D eigenvalue weighted by molar-refractivity contribution is -0.383. The predicted molar refractivity (Wildman–Crippen MR) is 104 cm³/mol. The molecular formula is C18H20N6O4. The number of nitro groups is 1. The van der Waals surface area contributed by atoms with Crippen LogP contribution in [0.15, 0.2) is 41.8 Å². The van der Waals surface area contributed by atoms with Crippen LogP contribution in [0.5, 0.6) is 0 Å². The summed E-state index contributed by atoms with van der Waals surface area (Å²) in [6.07, 6.45) is 4.54. The molecule has 0 bridgehead atoms. The summed E-state index contributed by atoms with van der Waals surface area (Å²) >= 11 is 0. The summed E-state index contributed by atoms with van der Waals surface area (Å²) in [5.74, 6) is -0.158. The number of nitrogens with one attached hydrogen (secondary N) is 1. The molecule has 0 unspecified atom stereocenters. The van der Waals surface area contributed by atoms with Crippen molar-refractivity contribution >= 4 is 28.7 Å². The zero-order valence-electron chi connectivity index (χ0n) is 15.1. The van der Waals surface area contributed by atoms with Gasteiger partial charge in [-0.3, -0.25) is 19.9 Å². The third-order valence-electron chi connectivity index (χ3n) is 4.88. The average molecular weight is 384 g/mol. The summed E-state index contributed by atoms with van der Waals surface area (Å²) in [7, 11) is 0. The van der Waals surface area contributed by atoms with Crippen LogP contribution in [0.25, 0.3) is 0 Å². The zero-order chi connectivity index (χ0) is 20.1. The predicted octanol–water partition coefficient (Wildman–Crippen LogP) is 2.50. The summed E-state index contributed by atoms with van der Waals surface area (Å²) in [4.78, 5) is 39.8. The molecule has 1 aliphatic rings. The van der Waals surface area contributed by atoms with Crippen LogP contribution in [0.3, 0.4) is 0 Å². The van der Waals surface area contributed by atoms with Gasteiger partial charge in [-0.25, -0.2) is 0 Å². The lowest BCUT2D eigenvalue weighted by Gasteiger charge is -2.33. The van der Waals surface area contributed by atoms with Crippen molar-refractivity contribution in [2.24, 2.45) is 11.1 Å². The van der Waals surface area contributed by atoms with Gasteiger partial charge in [0.25, 0.3) is 5.69 Å². The molecule has 0 radical (unpaired) electrons. The molecule has 2 heterocycles. The highest BCUT2D eigenvalue weighted by molar-refractivity contribution is 5.85. The second kappa shape index (κ2) is 8.42. The van der Waals surface area contributed by atoms with E-state index in [4.69, 9.17) is 5.73 Å². The summed E-state index contributed by atoms with van der Waals surface area (Å²) in [6, 6.07) is 6.44. The first-order valence-electron chi connectivity index (χ1n) is 8.83. The Morgan fingerprint density at radius 1 is 1.29 bits per heavy atom. The van der Waals surface area contributed by atoms with Gasteiger partial charge in [-0.15, -0.1) is 4.91 Å². The van der Waals surface area contributed by atoms with E-state index in [0.717, 1.165) is 5.56 Å². The molecule has 10 heteroatoms. The Kier molecular flexibility index (Phi) is 5.78. The number of rotatable bonds is 6. The van der Waals surface area contributed by atoms with Crippen molar-refractivity contribution in [3.8, 4) is 0 Å².